The molecule has 2 aromatic rings. The third-order valence-corrected chi connectivity index (χ3v) is 4.64. The number of aliphatic hydroxyl groups is 1. The maximum Gasteiger partial charge on any atom is 0.0857 e. The molecule has 0 saturated carbocycles. The van der Waals surface area contributed by atoms with E-state index in [4.69, 9.17) is 0 Å². The molecular formula is C15H18Br2N2O. The summed E-state index contributed by atoms with van der Waals surface area (Å²) < 4.78 is 3.83. The molecule has 0 bridgehead atoms. The van der Waals surface area contributed by atoms with Crippen LogP contribution in [0.4, 0.5) is 0 Å². The molecule has 2 rings (SSSR count). The summed E-state index contributed by atoms with van der Waals surface area (Å²) in [7, 11) is 0. The number of aliphatic hydroxyl groups excluding tert-OH is 1. The monoisotopic (exact) mass is 400 g/mol. The highest BCUT2D eigenvalue weighted by Gasteiger charge is 2.15. The Hall–Kier alpha value is -0.650. The number of benzene rings is 1. The van der Waals surface area contributed by atoms with Gasteiger partial charge in [-0.15, -0.1) is 0 Å². The maximum absolute atomic E-state index is 10.4. The molecule has 1 N–H and O–H groups in total. The molecule has 3 nitrogen and oxygen atoms in total. The van der Waals surface area contributed by atoms with Crippen LogP contribution >= 0.6 is 31.9 Å². The summed E-state index contributed by atoms with van der Waals surface area (Å²) >= 11 is 6.91. The summed E-state index contributed by atoms with van der Waals surface area (Å²) in [6, 6.07) is 8.17. The van der Waals surface area contributed by atoms with Crippen molar-refractivity contribution in [3.8, 4) is 0 Å². The third-order valence-electron chi connectivity index (χ3n) is 3.43. The van der Waals surface area contributed by atoms with E-state index in [1.807, 2.05) is 35.1 Å². The predicted molar refractivity (Wildman–Crippen MR) is 87.7 cm³/mol. The number of hydrogen-bond donors (Lipinski definition) is 1. The van der Waals surface area contributed by atoms with E-state index in [9.17, 15) is 5.11 Å². The van der Waals surface area contributed by atoms with E-state index in [-0.39, 0.29) is 0 Å². The Morgan fingerprint density at radius 2 is 2.05 bits per heavy atom. The van der Waals surface area contributed by atoms with Crippen molar-refractivity contribution >= 4 is 31.9 Å². The van der Waals surface area contributed by atoms with Crippen molar-refractivity contribution in [2.45, 2.75) is 38.8 Å². The predicted octanol–water partition coefficient (Wildman–Crippen LogP) is 4.66. The highest BCUT2D eigenvalue weighted by Crippen LogP contribution is 2.28. The van der Waals surface area contributed by atoms with Gasteiger partial charge in [-0.1, -0.05) is 38.8 Å². The zero-order valence-electron chi connectivity index (χ0n) is 11.6. The molecule has 2 unspecified atom stereocenters. The van der Waals surface area contributed by atoms with E-state index in [0.29, 0.717) is 12.5 Å². The lowest BCUT2D eigenvalue weighted by Gasteiger charge is -2.12. The molecule has 0 aliphatic heterocycles. The largest absolute Gasteiger partial charge is 0.388 e. The minimum Gasteiger partial charge on any atom is -0.388 e. The topological polar surface area (TPSA) is 38.0 Å². The van der Waals surface area contributed by atoms with Crippen LogP contribution in [0.1, 0.15) is 43.7 Å². The molecule has 1 aromatic heterocycles. The van der Waals surface area contributed by atoms with Gasteiger partial charge in [0.2, 0.25) is 0 Å². The molecule has 0 fully saturated rings. The van der Waals surface area contributed by atoms with Gasteiger partial charge in [-0.05, 0) is 43.2 Å². The molecular weight excluding hydrogens is 384 g/mol. The summed E-state index contributed by atoms with van der Waals surface area (Å²) in [5.41, 5.74) is 1.78. The van der Waals surface area contributed by atoms with Crippen LogP contribution in [-0.2, 0) is 6.42 Å². The van der Waals surface area contributed by atoms with Gasteiger partial charge in [0.05, 0.1) is 11.8 Å². The SMILES string of the molecule is CCC(C)n1ccc(CC(O)c2cc(Br)ccc2Br)n1. The smallest absolute Gasteiger partial charge is 0.0857 e. The minimum absolute atomic E-state index is 0.387. The fourth-order valence-corrected chi connectivity index (χ4v) is 2.89. The average Bonchev–Trinajstić information content (AvgIpc) is 2.89. The second-order valence-electron chi connectivity index (χ2n) is 4.93. The van der Waals surface area contributed by atoms with Gasteiger partial charge >= 0.3 is 0 Å². The first-order chi connectivity index (χ1) is 9.51. The lowest BCUT2D eigenvalue weighted by atomic mass is 10.1. The molecule has 0 radical (unpaired) electrons. The summed E-state index contributed by atoms with van der Waals surface area (Å²) in [4.78, 5) is 0. The Morgan fingerprint density at radius 3 is 2.75 bits per heavy atom. The number of rotatable bonds is 5. The fraction of sp³-hybridized carbons (Fsp3) is 0.400. The second-order valence-corrected chi connectivity index (χ2v) is 6.70. The van der Waals surface area contributed by atoms with Gasteiger partial charge in [-0.2, -0.15) is 5.10 Å². The molecule has 1 heterocycles. The molecule has 2 atom stereocenters. The third kappa shape index (κ3) is 3.71. The van der Waals surface area contributed by atoms with Crippen molar-refractivity contribution in [3.63, 3.8) is 0 Å². The summed E-state index contributed by atoms with van der Waals surface area (Å²) in [5.74, 6) is 0. The van der Waals surface area contributed by atoms with Crippen molar-refractivity contribution in [2.75, 3.05) is 0 Å². The normalized spacial score (nSPS) is 14.2. The molecule has 0 saturated heterocycles. The first kappa shape index (κ1) is 15.7. The van der Waals surface area contributed by atoms with E-state index in [0.717, 1.165) is 26.6 Å². The van der Waals surface area contributed by atoms with E-state index in [1.54, 1.807) is 0 Å². The number of nitrogens with zero attached hydrogens (tertiary/aromatic N) is 2. The van der Waals surface area contributed by atoms with Crippen molar-refractivity contribution in [3.05, 3.63) is 50.7 Å². The summed E-state index contributed by atoms with van der Waals surface area (Å²) in [5, 5.41) is 14.9. The zero-order valence-corrected chi connectivity index (χ0v) is 14.7. The van der Waals surface area contributed by atoms with E-state index in [2.05, 4.69) is 50.8 Å². The Bertz CT molecular complexity index is 583. The van der Waals surface area contributed by atoms with E-state index < -0.39 is 6.10 Å². The van der Waals surface area contributed by atoms with Crippen LogP contribution in [0.5, 0.6) is 0 Å². The molecule has 1 aromatic carbocycles. The highest BCUT2D eigenvalue weighted by molar-refractivity contribution is 9.11. The van der Waals surface area contributed by atoms with Crippen LogP contribution in [0.3, 0.4) is 0 Å². The second kappa shape index (κ2) is 6.87. The number of aromatic nitrogens is 2. The van der Waals surface area contributed by atoms with Gasteiger partial charge in [0, 0.05) is 27.6 Å². The fourth-order valence-electron chi connectivity index (χ4n) is 2.00. The highest BCUT2D eigenvalue weighted by atomic mass is 79.9. The summed E-state index contributed by atoms with van der Waals surface area (Å²) in [6.07, 6.45) is 2.97. The van der Waals surface area contributed by atoms with Crippen LogP contribution in [0.25, 0.3) is 0 Å². The van der Waals surface area contributed by atoms with E-state index >= 15 is 0 Å². The molecule has 0 amide bonds. The zero-order chi connectivity index (χ0) is 14.7. The molecule has 0 aliphatic carbocycles. The summed E-state index contributed by atoms with van der Waals surface area (Å²) in [6.45, 7) is 4.28. The molecule has 108 valence electrons. The van der Waals surface area contributed by atoms with Gasteiger partial charge in [-0.25, -0.2) is 0 Å². The Kier molecular flexibility index (Phi) is 5.41. The van der Waals surface area contributed by atoms with Gasteiger partial charge in [-0.3, -0.25) is 4.68 Å². The van der Waals surface area contributed by atoms with Gasteiger partial charge in [0.1, 0.15) is 0 Å². The van der Waals surface area contributed by atoms with Crippen molar-refractivity contribution in [2.24, 2.45) is 0 Å². The Labute approximate surface area is 136 Å². The van der Waals surface area contributed by atoms with Crippen LogP contribution in [0.15, 0.2) is 39.4 Å². The lowest BCUT2D eigenvalue weighted by molar-refractivity contribution is 0.176. The molecule has 0 spiro atoms. The number of halogens is 2. The van der Waals surface area contributed by atoms with Crippen molar-refractivity contribution < 1.29 is 5.11 Å². The Balaban J connectivity index is 2.13. The lowest BCUT2D eigenvalue weighted by Crippen LogP contribution is -2.07. The van der Waals surface area contributed by atoms with E-state index in [1.165, 1.54) is 0 Å². The Morgan fingerprint density at radius 1 is 1.30 bits per heavy atom. The van der Waals surface area contributed by atoms with Crippen LogP contribution in [-0.4, -0.2) is 14.9 Å². The molecule has 20 heavy (non-hydrogen) atoms. The first-order valence-corrected chi connectivity index (χ1v) is 8.27. The van der Waals surface area contributed by atoms with Crippen LogP contribution in [0, 0.1) is 0 Å². The van der Waals surface area contributed by atoms with Crippen LogP contribution < -0.4 is 0 Å². The quantitative estimate of drug-likeness (QED) is 0.791. The number of hydrogen-bond acceptors (Lipinski definition) is 2. The maximum atomic E-state index is 10.4. The van der Waals surface area contributed by atoms with Crippen molar-refractivity contribution in [1.82, 2.24) is 9.78 Å². The average molecular weight is 402 g/mol. The van der Waals surface area contributed by atoms with Crippen molar-refractivity contribution in [1.29, 1.82) is 0 Å². The van der Waals surface area contributed by atoms with Gasteiger partial charge < -0.3 is 5.11 Å². The van der Waals surface area contributed by atoms with Gasteiger partial charge in [0.25, 0.3) is 0 Å². The standard InChI is InChI=1S/C15H18Br2N2O/c1-3-10(2)19-7-6-12(18-19)9-15(20)13-8-11(16)4-5-14(13)17/h4-8,10,15,20H,3,9H2,1-2H3. The van der Waals surface area contributed by atoms with Crippen LogP contribution in [0.2, 0.25) is 0 Å². The van der Waals surface area contributed by atoms with Gasteiger partial charge in [0.15, 0.2) is 0 Å². The molecule has 5 heteroatoms. The molecule has 0 aliphatic rings. The first-order valence-electron chi connectivity index (χ1n) is 6.68. The minimum atomic E-state index is -0.567.